The number of aliphatic hydroxyl groups is 1. The van der Waals surface area contributed by atoms with Crippen molar-refractivity contribution in [3.8, 4) is 0 Å². The first-order valence-electron chi connectivity index (χ1n) is 8.04. The summed E-state index contributed by atoms with van der Waals surface area (Å²) in [6.07, 6.45) is 4.53. The van der Waals surface area contributed by atoms with Gasteiger partial charge in [0.1, 0.15) is 0 Å². The van der Waals surface area contributed by atoms with Gasteiger partial charge >= 0.3 is 0 Å². The first-order chi connectivity index (χ1) is 10.8. The van der Waals surface area contributed by atoms with E-state index in [1.54, 1.807) is 0 Å². The first kappa shape index (κ1) is 15.2. The van der Waals surface area contributed by atoms with E-state index < -0.39 is 0 Å². The second-order valence-electron chi connectivity index (χ2n) is 5.90. The summed E-state index contributed by atoms with van der Waals surface area (Å²) in [6, 6.07) is 10.4. The number of nitrogens with zero attached hydrogens (tertiary/aromatic N) is 3. The fraction of sp³-hybridized carbons (Fsp3) is 0.529. The van der Waals surface area contributed by atoms with Crippen molar-refractivity contribution in [1.82, 2.24) is 15.1 Å². The molecule has 1 aromatic heterocycles. The fourth-order valence-corrected chi connectivity index (χ4v) is 2.69. The minimum Gasteiger partial charge on any atom is -0.424 e. The quantitative estimate of drug-likeness (QED) is 0.811. The molecule has 5 heteroatoms. The second-order valence-corrected chi connectivity index (χ2v) is 5.90. The van der Waals surface area contributed by atoms with E-state index in [0.29, 0.717) is 24.9 Å². The summed E-state index contributed by atoms with van der Waals surface area (Å²) in [5, 5.41) is 17.6. The van der Waals surface area contributed by atoms with Crippen LogP contribution in [0, 0.1) is 0 Å². The van der Waals surface area contributed by atoms with Gasteiger partial charge in [0.05, 0.1) is 13.2 Å². The van der Waals surface area contributed by atoms with Crippen LogP contribution in [0.2, 0.25) is 0 Å². The molecule has 1 aliphatic rings. The molecule has 0 bridgehead atoms. The van der Waals surface area contributed by atoms with E-state index in [1.807, 2.05) is 6.07 Å². The number of aliphatic hydroxyl groups excluding tert-OH is 1. The van der Waals surface area contributed by atoms with E-state index in [4.69, 9.17) is 4.42 Å². The van der Waals surface area contributed by atoms with Crippen molar-refractivity contribution < 1.29 is 9.52 Å². The lowest BCUT2D eigenvalue weighted by atomic mass is 9.85. The third-order valence-corrected chi connectivity index (χ3v) is 4.27. The van der Waals surface area contributed by atoms with Gasteiger partial charge in [-0.3, -0.25) is 4.90 Å². The largest absolute Gasteiger partial charge is 0.424 e. The molecule has 1 fully saturated rings. The summed E-state index contributed by atoms with van der Waals surface area (Å²) >= 11 is 0. The van der Waals surface area contributed by atoms with Gasteiger partial charge in [-0.2, -0.15) is 0 Å². The minimum absolute atomic E-state index is 0.137. The Morgan fingerprint density at radius 2 is 1.95 bits per heavy atom. The highest BCUT2D eigenvalue weighted by Gasteiger charge is 2.25. The van der Waals surface area contributed by atoms with Crippen LogP contribution in [0.15, 0.2) is 34.7 Å². The maximum Gasteiger partial charge on any atom is 0.230 e. The van der Waals surface area contributed by atoms with Crippen molar-refractivity contribution in [3.63, 3.8) is 0 Å². The Morgan fingerprint density at radius 3 is 2.64 bits per heavy atom. The molecular formula is C17H23N3O2. The molecule has 1 aromatic carbocycles. The van der Waals surface area contributed by atoms with E-state index in [0.717, 1.165) is 31.7 Å². The Morgan fingerprint density at radius 1 is 1.14 bits per heavy atom. The summed E-state index contributed by atoms with van der Waals surface area (Å²) in [7, 11) is 0. The van der Waals surface area contributed by atoms with Gasteiger partial charge in [-0.25, -0.2) is 0 Å². The highest BCUT2D eigenvalue weighted by Crippen LogP contribution is 2.35. The molecule has 0 radical (unpaired) electrons. The standard InChI is InChI=1S/C17H23N3O2/c21-12-11-20(10-9-14-5-2-1-3-6-14)13-16-18-19-17(22-16)15-7-4-8-15/h1-3,5-6,15,21H,4,7-13H2. The van der Waals surface area contributed by atoms with Crippen molar-refractivity contribution >= 4 is 0 Å². The monoisotopic (exact) mass is 301 g/mol. The van der Waals surface area contributed by atoms with Gasteiger partial charge in [-0.15, -0.1) is 10.2 Å². The maximum atomic E-state index is 9.24. The zero-order chi connectivity index (χ0) is 15.2. The lowest BCUT2D eigenvalue weighted by molar-refractivity contribution is 0.177. The van der Waals surface area contributed by atoms with Gasteiger partial charge < -0.3 is 9.52 Å². The van der Waals surface area contributed by atoms with Crippen LogP contribution in [0.5, 0.6) is 0 Å². The van der Waals surface area contributed by atoms with Gasteiger partial charge in [0.2, 0.25) is 11.8 Å². The highest BCUT2D eigenvalue weighted by molar-refractivity contribution is 5.14. The van der Waals surface area contributed by atoms with E-state index in [1.165, 1.54) is 12.0 Å². The predicted octanol–water partition coefficient (Wildman–Crippen LogP) is 2.37. The van der Waals surface area contributed by atoms with Crippen LogP contribution in [-0.4, -0.2) is 39.9 Å². The molecule has 1 aliphatic carbocycles. The van der Waals surface area contributed by atoms with Gasteiger partial charge in [0, 0.05) is 19.0 Å². The highest BCUT2D eigenvalue weighted by atomic mass is 16.4. The van der Waals surface area contributed by atoms with Gasteiger partial charge in [-0.05, 0) is 24.8 Å². The fourth-order valence-electron chi connectivity index (χ4n) is 2.69. The molecule has 0 spiro atoms. The average molecular weight is 301 g/mol. The molecule has 1 N–H and O–H groups in total. The van der Waals surface area contributed by atoms with Crippen LogP contribution >= 0.6 is 0 Å². The Bertz CT molecular complexity index is 566. The molecule has 1 heterocycles. The molecule has 0 unspecified atom stereocenters. The lowest BCUT2D eigenvalue weighted by Gasteiger charge is -2.21. The molecular weight excluding hydrogens is 278 g/mol. The van der Waals surface area contributed by atoms with Crippen LogP contribution in [0.3, 0.4) is 0 Å². The van der Waals surface area contributed by atoms with Crippen molar-refractivity contribution in [1.29, 1.82) is 0 Å². The molecule has 0 saturated heterocycles. The summed E-state index contributed by atoms with van der Waals surface area (Å²) < 4.78 is 5.77. The molecule has 0 aliphatic heterocycles. The third kappa shape index (κ3) is 3.93. The minimum atomic E-state index is 0.137. The van der Waals surface area contributed by atoms with Crippen LogP contribution in [0.1, 0.15) is 42.5 Å². The first-order valence-corrected chi connectivity index (χ1v) is 8.04. The van der Waals surface area contributed by atoms with Crippen LogP contribution < -0.4 is 0 Å². The molecule has 2 aromatic rings. The average Bonchev–Trinajstić information content (AvgIpc) is 2.92. The van der Waals surface area contributed by atoms with E-state index in [2.05, 4.69) is 39.4 Å². The van der Waals surface area contributed by atoms with Crippen molar-refractivity contribution in [3.05, 3.63) is 47.7 Å². The Hall–Kier alpha value is -1.72. The molecule has 5 nitrogen and oxygen atoms in total. The summed E-state index contributed by atoms with van der Waals surface area (Å²) in [6.45, 7) is 2.23. The number of benzene rings is 1. The van der Waals surface area contributed by atoms with Gasteiger partial charge in [-0.1, -0.05) is 36.8 Å². The van der Waals surface area contributed by atoms with Crippen LogP contribution in [0.25, 0.3) is 0 Å². The van der Waals surface area contributed by atoms with E-state index in [-0.39, 0.29) is 6.61 Å². The molecule has 22 heavy (non-hydrogen) atoms. The summed E-state index contributed by atoms with van der Waals surface area (Å²) in [4.78, 5) is 2.16. The topological polar surface area (TPSA) is 62.4 Å². The van der Waals surface area contributed by atoms with Crippen LogP contribution in [0.4, 0.5) is 0 Å². The molecule has 0 atom stereocenters. The zero-order valence-corrected chi connectivity index (χ0v) is 12.8. The van der Waals surface area contributed by atoms with Crippen molar-refractivity contribution in [2.45, 2.75) is 38.1 Å². The second kappa shape index (κ2) is 7.51. The Labute approximate surface area is 131 Å². The van der Waals surface area contributed by atoms with E-state index in [9.17, 15) is 5.11 Å². The SMILES string of the molecule is OCCN(CCc1ccccc1)Cc1nnc(C2CCC2)o1. The van der Waals surface area contributed by atoms with Crippen molar-refractivity contribution in [2.75, 3.05) is 19.7 Å². The molecule has 1 saturated carbocycles. The van der Waals surface area contributed by atoms with Gasteiger partial charge in [0.25, 0.3) is 0 Å². The Kier molecular flexibility index (Phi) is 5.19. The smallest absolute Gasteiger partial charge is 0.230 e. The normalized spacial score (nSPS) is 15.2. The molecule has 118 valence electrons. The lowest BCUT2D eigenvalue weighted by Crippen LogP contribution is -2.28. The zero-order valence-electron chi connectivity index (χ0n) is 12.8. The number of rotatable bonds is 8. The maximum absolute atomic E-state index is 9.24. The van der Waals surface area contributed by atoms with E-state index >= 15 is 0 Å². The predicted molar refractivity (Wildman–Crippen MR) is 83.4 cm³/mol. The van der Waals surface area contributed by atoms with Crippen molar-refractivity contribution in [2.24, 2.45) is 0 Å². The third-order valence-electron chi connectivity index (χ3n) is 4.27. The Balaban J connectivity index is 1.55. The number of hydrogen-bond acceptors (Lipinski definition) is 5. The summed E-state index contributed by atoms with van der Waals surface area (Å²) in [5.41, 5.74) is 1.30. The number of hydrogen-bond donors (Lipinski definition) is 1. The van der Waals surface area contributed by atoms with Crippen LogP contribution in [-0.2, 0) is 13.0 Å². The van der Waals surface area contributed by atoms with Gasteiger partial charge in [0.15, 0.2) is 0 Å². The molecule has 0 amide bonds. The molecule has 3 rings (SSSR count). The number of aromatic nitrogens is 2. The summed E-state index contributed by atoms with van der Waals surface area (Å²) in [5.74, 6) is 1.91.